The fraction of sp³-hybridized carbons (Fsp3) is 1.00. The highest BCUT2D eigenvalue weighted by Crippen LogP contribution is 2.16. The third kappa shape index (κ3) is 5.89. The Morgan fingerprint density at radius 2 is 2.36 bits per heavy atom. The van der Waals surface area contributed by atoms with E-state index in [2.05, 4.69) is 30.9 Å². The summed E-state index contributed by atoms with van der Waals surface area (Å²) in [6, 6.07) is 0.757. The largest absolute Gasteiger partial charge is 0.379 e. The van der Waals surface area contributed by atoms with Gasteiger partial charge >= 0.3 is 0 Å². The number of rotatable bonds is 6. The predicted molar refractivity (Wildman–Crippen MR) is 64.1 cm³/mol. The number of nitrogens with one attached hydrogen (secondary N) is 1. The van der Waals surface area contributed by atoms with Gasteiger partial charge in [0, 0.05) is 18.4 Å². The number of ether oxygens (including phenoxy) is 1. The van der Waals surface area contributed by atoms with Gasteiger partial charge in [-0.25, -0.2) is 0 Å². The van der Waals surface area contributed by atoms with E-state index in [0.29, 0.717) is 6.10 Å². The van der Waals surface area contributed by atoms with E-state index in [0.717, 1.165) is 25.6 Å². The lowest BCUT2D eigenvalue weighted by atomic mass is 10.2. The van der Waals surface area contributed by atoms with Crippen LogP contribution in [0.2, 0.25) is 0 Å². The van der Waals surface area contributed by atoms with Crippen LogP contribution in [0.25, 0.3) is 0 Å². The summed E-state index contributed by atoms with van der Waals surface area (Å²) >= 11 is 2.08. The van der Waals surface area contributed by atoms with Crippen molar-refractivity contribution in [2.45, 2.75) is 45.3 Å². The summed E-state index contributed by atoms with van der Waals surface area (Å²) in [7, 11) is 0. The highest BCUT2D eigenvalue weighted by Gasteiger charge is 2.11. The molecule has 0 aromatic rings. The third-order valence-corrected chi connectivity index (χ3v) is 3.58. The third-order valence-electron chi connectivity index (χ3n) is 2.37. The van der Waals surface area contributed by atoms with Crippen molar-refractivity contribution in [3.05, 3.63) is 0 Å². The summed E-state index contributed by atoms with van der Waals surface area (Å²) < 4.78 is 5.49. The van der Waals surface area contributed by atoms with E-state index in [-0.39, 0.29) is 0 Å². The van der Waals surface area contributed by atoms with E-state index in [1.807, 2.05) is 0 Å². The second-order valence-corrected chi connectivity index (χ2v) is 5.29. The molecule has 0 spiro atoms. The molecule has 1 N–H and O–H groups in total. The molecule has 0 aromatic carbocycles. The van der Waals surface area contributed by atoms with Crippen LogP contribution in [0.3, 0.4) is 0 Å². The van der Waals surface area contributed by atoms with Gasteiger partial charge in [-0.1, -0.05) is 0 Å². The van der Waals surface area contributed by atoms with E-state index in [4.69, 9.17) is 4.74 Å². The van der Waals surface area contributed by atoms with Crippen molar-refractivity contribution in [2.24, 2.45) is 0 Å². The molecule has 0 aliphatic carbocycles. The van der Waals surface area contributed by atoms with Gasteiger partial charge in [0.1, 0.15) is 0 Å². The Labute approximate surface area is 92.2 Å². The van der Waals surface area contributed by atoms with Crippen molar-refractivity contribution in [1.29, 1.82) is 0 Å². The van der Waals surface area contributed by atoms with Crippen molar-refractivity contribution in [3.63, 3.8) is 0 Å². The SMILES string of the molecule is CC(C)OCCCNC1CCCSC1. The van der Waals surface area contributed by atoms with Crippen molar-refractivity contribution in [2.75, 3.05) is 24.7 Å². The lowest BCUT2D eigenvalue weighted by Gasteiger charge is -2.22. The van der Waals surface area contributed by atoms with Gasteiger partial charge in [0.2, 0.25) is 0 Å². The minimum Gasteiger partial charge on any atom is -0.379 e. The Bertz CT molecular complexity index is 135. The van der Waals surface area contributed by atoms with Gasteiger partial charge < -0.3 is 10.1 Å². The molecule has 1 heterocycles. The van der Waals surface area contributed by atoms with E-state index < -0.39 is 0 Å². The van der Waals surface area contributed by atoms with Gasteiger partial charge in [0.05, 0.1) is 6.10 Å². The van der Waals surface area contributed by atoms with E-state index in [1.165, 1.54) is 24.3 Å². The molecule has 1 rings (SSSR count). The molecule has 2 nitrogen and oxygen atoms in total. The quantitative estimate of drug-likeness (QED) is 0.690. The first-order valence-electron chi connectivity index (χ1n) is 5.72. The standard InChI is InChI=1S/C11H23NOS/c1-10(2)13-7-4-6-12-11-5-3-8-14-9-11/h10-12H,3-9H2,1-2H3. The van der Waals surface area contributed by atoms with Crippen LogP contribution >= 0.6 is 11.8 Å². The zero-order valence-corrected chi connectivity index (χ0v) is 10.2. The van der Waals surface area contributed by atoms with Crippen LogP contribution in [0.1, 0.15) is 33.1 Å². The summed E-state index contributed by atoms with van der Waals surface area (Å²) in [6.07, 6.45) is 4.25. The van der Waals surface area contributed by atoms with Gasteiger partial charge in [-0.15, -0.1) is 0 Å². The molecule has 84 valence electrons. The highest BCUT2D eigenvalue weighted by molar-refractivity contribution is 7.99. The molecule has 3 heteroatoms. The molecule has 0 saturated carbocycles. The maximum Gasteiger partial charge on any atom is 0.0518 e. The van der Waals surface area contributed by atoms with Crippen molar-refractivity contribution in [1.82, 2.24) is 5.32 Å². The molecule has 1 unspecified atom stereocenters. The minimum absolute atomic E-state index is 0.375. The average Bonchev–Trinajstić information content (AvgIpc) is 2.18. The van der Waals surface area contributed by atoms with Crippen LogP contribution in [-0.4, -0.2) is 36.8 Å². The van der Waals surface area contributed by atoms with Gasteiger partial charge in [0.25, 0.3) is 0 Å². The molecular weight excluding hydrogens is 194 g/mol. The number of hydrogen-bond donors (Lipinski definition) is 1. The van der Waals surface area contributed by atoms with Gasteiger partial charge in [0.15, 0.2) is 0 Å². The van der Waals surface area contributed by atoms with Crippen LogP contribution in [0, 0.1) is 0 Å². The second kappa shape index (κ2) is 7.55. The van der Waals surface area contributed by atoms with Crippen LogP contribution < -0.4 is 5.32 Å². The van der Waals surface area contributed by atoms with Crippen molar-refractivity contribution < 1.29 is 4.74 Å². The molecule has 0 aromatic heterocycles. The Morgan fingerprint density at radius 1 is 1.50 bits per heavy atom. The monoisotopic (exact) mass is 217 g/mol. The molecule has 1 saturated heterocycles. The Balaban J connectivity index is 1.87. The van der Waals surface area contributed by atoms with E-state index >= 15 is 0 Å². The first kappa shape index (κ1) is 12.3. The number of thioether (sulfide) groups is 1. The van der Waals surface area contributed by atoms with Gasteiger partial charge in [-0.05, 0) is 45.4 Å². The normalized spacial score (nSPS) is 22.9. The van der Waals surface area contributed by atoms with Crippen molar-refractivity contribution in [3.8, 4) is 0 Å². The molecule has 0 radical (unpaired) electrons. The zero-order chi connectivity index (χ0) is 10.2. The van der Waals surface area contributed by atoms with Gasteiger partial charge in [-0.2, -0.15) is 11.8 Å². The average molecular weight is 217 g/mol. The predicted octanol–water partition coefficient (Wildman–Crippen LogP) is 2.29. The maximum atomic E-state index is 5.49. The summed E-state index contributed by atoms with van der Waals surface area (Å²) in [4.78, 5) is 0. The fourth-order valence-electron chi connectivity index (χ4n) is 1.60. The van der Waals surface area contributed by atoms with Gasteiger partial charge in [-0.3, -0.25) is 0 Å². The Kier molecular flexibility index (Phi) is 6.65. The van der Waals surface area contributed by atoms with Crippen LogP contribution in [0.5, 0.6) is 0 Å². The fourth-order valence-corrected chi connectivity index (χ4v) is 2.71. The lowest BCUT2D eigenvalue weighted by molar-refractivity contribution is 0.0767. The molecule has 1 aliphatic rings. The first-order chi connectivity index (χ1) is 6.79. The molecule has 1 fully saturated rings. The smallest absolute Gasteiger partial charge is 0.0518 e. The summed E-state index contributed by atoms with van der Waals surface area (Å²) in [5.74, 6) is 2.65. The number of hydrogen-bond acceptors (Lipinski definition) is 3. The molecule has 1 aliphatic heterocycles. The molecule has 0 bridgehead atoms. The van der Waals surface area contributed by atoms with Crippen LogP contribution in [-0.2, 0) is 4.74 Å². The summed E-state index contributed by atoms with van der Waals surface area (Å²) in [5.41, 5.74) is 0. The zero-order valence-electron chi connectivity index (χ0n) is 9.42. The Hall–Kier alpha value is 0.270. The molecule has 14 heavy (non-hydrogen) atoms. The highest BCUT2D eigenvalue weighted by atomic mass is 32.2. The summed E-state index contributed by atoms with van der Waals surface area (Å²) in [5, 5.41) is 3.59. The topological polar surface area (TPSA) is 21.3 Å². The molecule has 0 amide bonds. The summed E-state index contributed by atoms with van der Waals surface area (Å²) in [6.45, 7) is 6.18. The molecule has 1 atom stereocenters. The first-order valence-corrected chi connectivity index (χ1v) is 6.87. The van der Waals surface area contributed by atoms with Crippen LogP contribution in [0.15, 0.2) is 0 Å². The van der Waals surface area contributed by atoms with Crippen LogP contribution in [0.4, 0.5) is 0 Å². The van der Waals surface area contributed by atoms with E-state index in [1.54, 1.807) is 0 Å². The Morgan fingerprint density at radius 3 is 3.00 bits per heavy atom. The molecular formula is C11H23NOS. The lowest BCUT2D eigenvalue weighted by Crippen LogP contribution is -2.34. The minimum atomic E-state index is 0.375. The van der Waals surface area contributed by atoms with E-state index in [9.17, 15) is 0 Å². The second-order valence-electron chi connectivity index (χ2n) is 4.14. The maximum absolute atomic E-state index is 5.49. The van der Waals surface area contributed by atoms with Crippen molar-refractivity contribution >= 4 is 11.8 Å².